The van der Waals surface area contributed by atoms with Crippen LogP contribution in [0.1, 0.15) is 10.5 Å². The van der Waals surface area contributed by atoms with Crippen LogP contribution in [0.25, 0.3) is 11.3 Å². The number of nitrogens with zero attached hydrogens (tertiary/aromatic N) is 1. The number of amides is 1. The second-order valence-corrected chi connectivity index (χ2v) is 5.56. The fourth-order valence-electron chi connectivity index (χ4n) is 1.50. The Hall–Kier alpha value is -2.19. The standard InChI is InChI=1S/C12H12N2O5S/c15-12(13-6-7-20(16,17)18)10-8-11(19-14-10)9-4-2-1-3-5-9/h1-5,8H,6-7H2,(H,13,15)(H,16,17,18). The molecule has 0 aliphatic carbocycles. The number of nitrogens with one attached hydrogen (secondary N) is 1. The topological polar surface area (TPSA) is 110 Å². The van der Waals surface area contributed by atoms with Gasteiger partial charge in [0.25, 0.3) is 16.0 Å². The van der Waals surface area contributed by atoms with E-state index in [2.05, 4.69) is 10.5 Å². The van der Waals surface area contributed by atoms with Gasteiger partial charge >= 0.3 is 0 Å². The molecule has 0 unspecified atom stereocenters. The highest BCUT2D eigenvalue weighted by atomic mass is 32.2. The molecule has 0 saturated heterocycles. The van der Waals surface area contributed by atoms with Gasteiger partial charge < -0.3 is 9.84 Å². The van der Waals surface area contributed by atoms with E-state index < -0.39 is 21.8 Å². The molecule has 0 fully saturated rings. The molecule has 1 aromatic heterocycles. The lowest BCUT2D eigenvalue weighted by Crippen LogP contribution is -2.29. The first-order valence-electron chi connectivity index (χ1n) is 5.71. The van der Waals surface area contributed by atoms with E-state index in [0.717, 1.165) is 5.56 Å². The maximum atomic E-state index is 11.7. The van der Waals surface area contributed by atoms with Crippen molar-refractivity contribution in [2.45, 2.75) is 0 Å². The average molecular weight is 296 g/mol. The van der Waals surface area contributed by atoms with E-state index in [9.17, 15) is 13.2 Å². The number of aromatic nitrogens is 1. The van der Waals surface area contributed by atoms with Crippen molar-refractivity contribution in [2.75, 3.05) is 12.3 Å². The minimum atomic E-state index is -4.10. The van der Waals surface area contributed by atoms with Crippen LogP contribution >= 0.6 is 0 Å². The molecular weight excluding hydrogens is 284 g/mol. The molecule has 1 aromatic carbocycles. The fourth-order valence-corrected chi connectivity index (χ4v) is 1.86. The predicted octanol–water partition coefficient (Wildman–Crippen LogP) is 0.959. The van der Waals surface area contributed by atoms with Gasteiger partial charge in [-0.3, -0.25) is 9.35 Å². The van der Waals surface area contributed by atoms with Crippen LogP contribution in [0, 0.1) is 0 Å². The van der Waals surface area contributed by atoms with E-state index in [1.54, 1.807) is 12.1 Å². The molecule has 0 aliphatic heterocycles. The van der Waals surface area contributed by atoms with Crippen LogP contribution in [0.2, 0.25) is 0 Å². The minimum absolute atomic E-state index is 0.0409. The van der Waals surface area contributed by atoms with Crippen LogP contribution in [0.5, 0.6) is 0 Å². The molecule has 20 heavy (non-hydrogen) atoms. The summed E-state index contributed by atoms with van der Waals surface area (Å²) in [4.78, 5) is 11.7. The van der Waals surface area contributed by atoms with Crippen LogP contribution in [0.4, 0.5) is 0 Å². The number of hydrogen-bond acceptors (Lipinski definition) is 5. The summed E-state index contributed by atoms with van der Waals surface area (Å²) in [5.74, 6) is -0.688. The van der Waals surface area contributed by atoms with E-state index in [1.165, 1.54) is 6.07 Å². The Morgan fingerprint density at radius 1 is 1.30 bits per heavy atom. The van der Waals surface area contributed by atoms with Crippen LogP contribution in [0.3, 0.4) is 0 Å². The van der Waals surface area contributed by atoms with Crippen molar-refractivity contribution < 1.29 is 22.3 Å². The van der Waals surface area contributed by atoms with Crippen molar-refractivity contribution >= 4 is 16.0 Å². The molecule has 106 valence electrons. The molecule has 0 spiro atoms. The normalized spacial score (nSPS) is 11.2. The van der Waals surface area contributed by atoms with Gasteiger partial charge in [-0.1, -0.05) is 35.5 Å². The van der Waals surface area contributed by atoms with Gasteiger partial charge in [-0.05, 0) is 0 Å². The van der Waals surface area contributed by atoms with Gasteiger partial charge in [0.05, 0.1) is 5.75 Å². The highest BCUT2D eigenvalue weighted by molar-refractivity contribution is 7.85. The van der Waals surface area contributed by atoms with E-state index in [4.69, 9.17) is 9.08 Å². The van der Waals surface area contributed by atoms with Crippen LogP contribution in [-0.4, -0.2) is 36.3 Å². The molecule has 0 atom stereocenters. The lowest BCUT2D eigenvalue weighted by molar-refractivity contribution is 0.0947. The average Bonchev–Trinajstić information content (AvgIpc) is 2.88. The summed E-state index contributed by atoms with van der Waals surface area (Å²) in [6, 6.07) is 10.6. The summed E-state index contributed by atoms with van der Waals surface area (Å²) in [5.41, 5.74) is 0.816. The first-order chi connectivity index (χ1) is 9.46. The van der Waals surface area contributed by atoms with Gasteiger partial charge in [-0.2, -0.15) is 8.42 Å². The molecule has 0 radical (unpaired) electrons. The Balaban J connectivity index is 2.00. The maximum Gasteiger partial charge on any atom is 0.273 e. The molecule has 7 nitrogen and oxygen atoms in total. The summed E-state index contributed by atoms with van der Waals surface area (Å²) in [5, 5.41) is 5.93. The maximum absolute atomic E-state index is 11.7. The molecule has 8 heteroatoms. The van der Waals surface area contributed by atoms with Crippen LogP contribution < -0.4 is 5.32 Å². The Morgan fingerprint density at radius 3 is 2.65 bits per heavy atom. The molecule has 2 rings (SSSR count). The SMILES string of the molecule is O=C(NCCS(=O)(=O)O)c1cc(-c2ccccc2)on1. The van der Waals surface area contributed by atoms with Crippen molar-refractivity contribution in [2.24, 2.45) is 0 Å². The van der Waals surface area contributed by atoms with E-state index in [-0.39, 0.29) is 12.2 Å². The Morgan fingerprint density at radius 2 is 2.00 bits per heavy atom. The third kappa shape index (κ3) is 3.90. The monoisotopic (exact) mass is 296 g/mol. The zero-order chi connectivity index (χ0) is 14.6. The highest BCUT2D eigenvalue weighted by Gasteiger charge is 2.14. The van der Waals surface area contributed by atoms with Crippen LogP contribution in [-0.2, 0) is 10.1 Å². The smallest absolute Gasteiger partial charge is 0.273 e. The van der Waals surface area contributed by atoms with Crippen LogP contribution in [0.15, 0.2) is 40.9 Å². The molecule has 0 aliphatic rings. The van der Waals surface area contributed by atoms with Crippen molar-refractivity contribution in [3.8, 4) is 11.3 Å². The fraction of sp³-hybridized carbons (Fsp3) is 0.167. The van der Waals surface area contributed by atoms with Gasteiger partial charge in [-0.15, -0.1) is 0 Å². The van der Waals surface area contributed by atoms with Gasteiger partial charge in [0, 0.05) is 18.2 Å². The zero-order valence-corrected chi connectivity index (χ0v) is 11.1. The van der Waals surface area contributed by atoms with Gasteiger partial charge in [0.2, 0.25) is 0 Å². The Kier molecular flexibility index (Phi) is 4.16. The summed E-state index contributed by atoms with van der Waals surface area (Å²) in [6.07, 6.45) is 0. The number of rotatable bonds is 5. The minimum Gasteiger partial charge on any atom is -0.355 e. The molecule has 2 N–H and O–H groups in total. The Labute approximate surface area is 115 Å². The number of carbonyl (C=O) groups is 1. The van der Waals surface area contributed by atoms with E-state index in [1.807, 2.05) is 18.2 Å². The number of benzene rings is 1. The summed E-state index contributed by atoms with van der Waals surface area (Å²) in [6.45, 7) is -0.203. The van der Waals surface area contributed by atoms with Crippen molar-refractivity contribution in [3.05, 3.63) is 42.1 Å². The lowest BCUT2D eigenvalue weighted by atomic mass is 10.1. The second-order valence-electron chi connectivity index (χ2n) is 3.98. The first kappa shape index (κ1) is 14.2. The predicted molar refractivity (Wildman–Crippen MR) is 70.7 cm³/mol. The molecule has 0 saturated carbocycles. The number of hydrogen-bond donors (Lipinski definition) is 2. The summed E-state index contributed by atoms with van der Waals surface area (Å²) >= 11 is 0. The van der Waals surface area contributed by atoms with Gasteiger partial charge in [0.1, 0.15) is 0 Å². The lowest BCUT2D eigenvalue weighted by Gasteiger charge is -1.99. The van der Waals surface area contributed by atoms with Gasteiger partial charge in [0.15, 0.2) is 11.5 Å². The van der Waals surface area contributed by atoms with Gasteiger partial charge in [-0.25, -0.2) is 0 Å². The van der Waals surface area contributed by atoms with E-state index >= 15 is 0 Å². The zero-order valence-electron chi connectivity index (χ0n) is 10.3. The highest BCUT2D eigenvalue weighted by Crippen LogP contribution is 2.19. The molecular formula is C12H12N2O5S. The summed E-state index contributed by atoms with van der Waals surface area (Å²) < 4.78 is 34.6. The summed E-state index contributed by atoms with van der Waals surface area (Å²) in [7, 11) is -4.10. The second kappa shape index (κ2) is 5.85. The Bertz CT molecular complexity index is 694. The molecule has 0 bridgehead atoms. The van der Waals surface area contributed by atoms with Crippen molar-refractivity contribution in [1.82, 2.24) is 10.5 Å². The third-order valence-electron chi connectivity index (χ3n) is 2.45. The largest absolute Gasteiger partial charge is 0.355 e. The van der Waals surface area contributed by atoms with E-state index in [0.29, 0.717) is 5.76 Å². The number of carbonyl (C=O) groups excluding carboxylic acids is 1. The quantitative estimate of drug-likeness (QED) is 0.795. The molecule has 1 amide bonds. The molecule has 1 heterocycles. The first-order valence-corrected chi connectivity index (χ1v) is 7.32. The van der Waals surface area contributed by atoms with Crippen molar-refractivity contribution in [3.63, 3.8) is 0 Å². The molecule has 2 aromatic rings. The third-order valence-corrected chi connectivity index (χ3v) is 3.17. The van der Waals surface area contributed by atoms with Crippen molar-refractivity contribution in [1.29, 1.82) is 0 Å².